The van der Waals surface area contributed by atoms with E-state index < -0.39 is 29.7 Å². The Morgan fingerprint density at radius 3 is 2.59 bits per heavy atom. The van der Waals surface area contributed by atoms with Crippen molar-refractivity contribution in [3.05, 3.63) is 41.7 Å². The normalized spacial score (nSPS) is 29.9. The van der Waals surface area contributed by atoms with Gasteiger partial charge in [0, 0.05) is 12.0 Å². The minimum atomic E-state index is -0.897. The Morgan fingerprint density at radius 2 is 1.86 bits per heavy atom. The Morgan fingerprint density at radius 1 is 1.04 bits per heavy atom. The predicted molar refractivity (Wildman–Crippen MR) is 188 cm³/mol. The van der Waals surface area contributed by atoms with Crippen LogP contribution in [0.15, 0.2) is 28.8 Å². The van der Waals surface area contributed by atoms with Crippen molar-refractivity contribution in [2.24, 2.45) is 29.1 Å². The maximum Gasteiger partial charge on any atom is 0.408 e. The van der Waals surface area contributed by atoms with E-state index in [9.17, 15) is 14.4 Å². The summed E-state index contributed by atoms with van der Waals surface area (Å²) in [6, 6.07) is 3.98. The fourth-order valence-corrected chi connectivity index (χ4v) is 8.70. The highest BCUT2D eigenvalue weighted by Crippen LogP contribution is 2.57. The van der Waals surface area contributed by atoms with Crippen molar-refractivity contribution < 1.29 is 33.0 Å². The smallest absolute Gasteiger partial charge is 0.408 e. The van der Waals surface area contributed by atoms with Gasteiger partial charge in [-0.25, -0.2) is 19.7 Å². The van der Waals surface area contributed by atoms with Gasteiger partial charge in [0.2, 0.25) is 17.7 Å². The highest BCUT2D eigenvalue weighted by Gasteiger charge is 2.55. The van der Waals surface area contributed by atoms with Crippen molar-refractivity contribution in [1.29, 1.82) is 0 Å². The first-order valence-electron chi connectivity index (χ1n) is 18.7. The van der Waals surface area contributed by atoms with Crippen molar-refractivity contribution in [3.8, 4) is 11.6 Å². The lowest BCUT2D eigenvalue weighted by atomic mass is 9.85. The Balaban J connectivity index is 1.22. The molecule has 3 aromatic rings. The highest BCUT2D eigenvalue weighted by atomic mass is 16.6. The molecule has 51 heavy (non-hydrogen) atoms. The van der Waals surface area contributed by atoms with Gasteiger partial charge in [0.25, 0.3) is 0 Å². The molecule has 8 atom stereocenters. The molecule has 7 rings (SSSR count). The zero-order chi connectivity index (χ0) is 36.0. The third-order valence-electron chi connectivity index (χ3n) is 11.4. The topological polar surface area (TPSA) is 146 Å². The number of hydrogen-bond acceptors (Lipinski definition) is 10. The van der Waals surface area contributed by atoms with Crippen molar-refractivity contribution >= 4 is 28.8 Å². The van der Waals surface area contributed by atoms with Gasteiger partial charge in [-0.3, -0.25) is 9.59 Å². The van der Waals surface area contributed by atoms with Crippen LogP contribution < -0.4 is 14.8 Å². The summed E-state index contributed by atoms with van der Waals surface area (Å²) in [6.07, 6.45) is 7.73. The molecule has 2 aliphatic carbocycles. The zero-order valence-electron chi connectivity index (χ0n) is 30.6. The summed E-state index contributed by atoms with van der Waals surface area (Å²) in [5.41, 5.74) is 1.46. The van der Waals surface area contributed by atoms with E-state index in [1.54, 1.807) is 11.1 Å². The molecule has 2 saturated carbocycles. The summed E-state index contributed by atoms with van der Waals surface area (Å²) < 4.78 is 24.4. The molecule has 4 heterocycles. The number of Topliss-reactive ketones (excluding diaryl/α,β-unsaturated/α-hetero) is 1. The van der Waals surface area contributed by atoms with Crippen molar-refractivity contribution in [2.45, 2.75) is 124 Å². The molecule has 1 saturated heterocycles. The van der Waals surface area contributed by atoms with Crippen molar-refractivity contribution in [1.82, 2.24) is 25.2 Å². The molecular formula is C39H51N5O7. The molecule has 2 aliphatic heterocycles. The number of aryl methyl sites for hydroxylation is 2. The van der Waals surface area contributed by atoms with E-state index in [2.05, 4.69) is 10.3 Å². The third kappa shape index (κ3) is 7.42. The van der Waals surface area contributed by atoms with E-state index >= 15 is 0 Å². The van der Waals surface area contributed by atoms with Crippen LogP contribution in [0.1, 0.15) is 96.9 Å². The molecule has 3 fully saturated rings. The number of ether oxygens (including phenoxy) is 3. The van der Waals surface area contributed by atoms with Crippen LogP contribution in [0.4, 0.5) is 4.79 Å². The number of carbonyl (C=O) groups excluding carboxylic acids is 3. The number of oxazole rings is 1. The first kappa shape index (κ1) is 35.2. The minimum Gasteiger partial charge on any atom is -0.484 e. The second-order valence-corrected chi connectivity index (χ2v) is 16.1. The SMILES string of the molecule is CC[C@@H]1[C@@H]2CN(C(=O)[C@H](C(C)(C)C)NC(=O)O[C@@H]3CC4CC4[C@H]3CCCCCc3nc4ccc(OCc5ncc(C)o5)cc4nc3O2)[C@@H]1C(C)=O. The monoisotopic (exact) mass is 701 g/mol. The van der Waals surface area contributed by atoms with Crippen LogP contribution in [0.5, 0.6) is 11.6 Å². The quantitative estimate of drug-likeness (QED) is 0.319. The van der Waals surface area contributed by atoms with E-state index in [0.717, 1.165) is 43.3 Å². The number of ketones is 1. The lowest BCUT2D eigenvalue weighted by molar-refractivity contribution is -0.141. The summed E-state index contributed by atoms with van der Waals surface area (Å²) in [6.45, 7) is 11.5. The van der Waals surface area contributed by atoms with Gasteiger partial charge in [-0.1, -0.05) is 40.5 Å². The second-order valence-electron chi connectivity index (χ2n) is 16.1. The number of amides is 2. The average Bonchev–Trinajstić information content (AvgIpc) is 3.37. The fourth-order valence-electron chi connectivity index (χ4n) is 8.70. The number of fused-ring (bicyclic) bond motifs is 7. The van der Waals surface area contributed by atoms with Gasteiger partial charge in [0.05, 0.1) is 29.8 Å². The summed E-state index contributed by atoms with van der Waals surface area (Å²) >= 11 is 0. The van der Waals surface area contributed by atoms with Crippen LogP contribution >= 0.6 is 0 Å². The van der Waals surface area contributed by atoms with Crippen LogP contribution in [0, 0.1) is 36.0 Å². The van der Waals surface area contributed by atoms with Crippen LogP contribution in [0.25, 0.3) is 11.0 Å². The predicted octanol–water partition coefficient (Wildman–Crippen LogP) is 6.36. The molecule has 12 heteroatoms. The molecule has 2 amide bonds. The number of nitrogens with one attached hydrogen (secondary N) is 1. The van der Waals surface area contributed by atoms with Gasteiger partial charge >= 0.3 is 6.09 Å². The summed E-state index contributed by atoms with van der Waals surface area (Å²) in [5, 5.41) is 2.94. The van der Waals surface area contributed by atoms with E-state index in [-0.39, 0.29) is 36.9 Å². The second kappa shape index (κ2) is 14.1. The lowest BCUT2D eigenvalue weighted by Gasteiger charge is -2.36. The maximum atomic E-state index is 14.5. The molecule has 0 radical (unpaired) electrons. The number of benzene rings is 1. The van der Waals surface area contributed by atoms with Gasteiger partial charge in [-0.15, -0.1) is 0 Å². The number of nitrogens with zero attached hydrogens (tertiary/aromatic N) is 4. The van der Waals surface area contributed by atoms with Crippen molar-refractivity contribution in [2.75, 3.05) is 6.54 Å². The summed E-state index contributed by atoms with van der Waals surface area (Å²) in [4.78, 5) is 57.1. The highest BCUT2D eigenvalue weighted by molar-refractivity contribution is 5.92. The maximum absolute atomic E-state index is 14.5. The Hall–Kier alpha value is -4.22. The molecule has 12 nitrogen and oxygen atoms in total. The number of carbonyl (C=O) groups is 3. The van der Waals surface area contributed by atoms with Gasteiger partial charge < -0.3 is 28.8 Å². The van der Waals surface area contributed by atoms with Gasteiger partial charge in [0.15, 0.2) is 12.4 Å². The lowest BCUT2D eigenvalue weighted by Crippen LogP contribution is -2.57. The van der Waals surface area contributed by atoms with E-state index in [1.165, 1.54) is 13.3 Å². The molecule has 274 valence electrons. The third-order valence-corrected chi connectivity index (χ3v) is 11.4. The Labute approximate surface area is 299 Å². The number of hydrogen-bond donors (Lipinski definition) is 1. The van der Waals surface area contributed by atoms with Crippen LogP contribution in [0.2, 0.25) is 0 Å². The van der Waals surface area contributed by atoms with Crippen LogP contribution in [-0.4, -0.2) is 68.5 Å². The zero-order valence-corrected chi connectivity index (χ0v) is 30.6. The number of alkyl carbamates (subject to hydrolysis) is 1. The molecule has 2 bridgehead atoms. The molecule has 1 aromatic carbocycles. The Bertz CT molecular complexity index is 1780. The van der Waals surface area contributed by atoms with E-state index in [4.69, 9.17) is 28.6 Å². The number of aromatic nitrogens is 3. The van der Waals surface area contributed by atoms with E-state index in [0.29, 0.717) is 59.4 Å². The largest absolute Gasteiger partial charge is 0.484 e. The van der Waals surface area contributed by atoms with Gasteiger partial charge in [0.1, 0.15) is 35.5 Å². The standard InChI is InChI=1S/C39H51N5O7/c1-7-25-32-19-44(34(25)22(3)45)37(46)35(39(4,5)6)43-38(47)51-31-16-23-15-27(23)26(31)11-9-8-10-12-29-36(50-32)42-30-17-24(13-14-28(30)41-29)48-20-33-40-18-21(2)49-33/h13-14,17-18,23,25-27,31-32,34-35H,7-12,15-16,19-20H2,1-6H3,(H,43,47)/t23?,25-,26-,27?,31-,32+,34-,35-/m1/s1. The first-order chi connectivity index (χ1) is 24.4. The molecule has 0 spiro atoms. The average molecular weight is 702 g/mol. The molecule has 2 unspecified atom stereocenters. The van der Waals surface area contributed by atoms with E-state index in [1.807, 2.05) is 52.8 Å². The summed E-state index contributed by atoms with van der Waals surface area (Å²) in [7, 11) is 0. The molecule has 4 aliphatic rings. The van der Waals surface area contributed by atoms with Gasteiger partial charge in [-0.2, -0.15) is 0 Å². The summed E-state index contributed by atoms with van der Waals surface area (Å²) in [5.74, 6) is 3.04. The molecular weight excluding hydrogens is 650 g/mol. The molecule has 1 N–H and O–H groups in total. The van der Waals surface area contributed by atoms with Gasteiger partial charge in [-0.05, 0) is 87.7 Å². The van der Waals surface area contributed by atoms with Crippen LogP contribution in [-0.2, 0) is 27.4 Å². The fraction of sp³-hybridized carbons (Fsp3) is 0.641. The molecule has 2 aromatic heterocycles. The van der Waals surface area contributed by atoms with Crippen molar-refractivity contribution in [3.63, 3.8) is 0 Å². The van der Waals surface area contributed by atoms with Crippen LogP contribution in [0.3, 0.4) is 0 Å². The minimum absolute atomic E-state index is 0.122. The first-order valence-corrected chi connectivity index (χ1v) is 18.7. The number of rotatable bonds is 5. The Kier molecular flexibility index (Phi) is 9.71.